The Morgan fingerprint density at radius 2 is 1.80 bits per heavy atom. The molecular weight excluding hydrogens is 193 g/mol. The lowest BCUT2D eigenvalue weighted by Crippen LogP contribution is -1.93. The van der Waals surface area contributed by atoms with Gasteiger partial charge in [0.1, 0.15) is 11.5 Å². The predicted octanol–water partition coefficient (Wildman–Crippen LogP) is 2.70. The van der Waals surface area contributed by atoms with Crippen LogP contribution in [0.4, 0.5) is 4.39 Å². The maximum absolute atomic E-state index is 13.4. The Morgan fingerprint density at radius 1 is 1.07 bits per heavy atom. The molecule has 0 aliphatic rings. The number of halogens is 1. The van der Waals surface area contributed by atoms with Crippen molar-refractivity contribution in [1.82, 2.24) is 4.98 Å². The number of aldehydes is 1. The number of benzene rings is 1. The molecule has 0 N–H and O–H groups in total. The van der Waals surface area contributed by atoms with E-state index in [1.54, 1.807) is 30.3 Å². The highest BCUT2D eigenvalue weighted by Crippen LogP contribution is 2.23. The Bertz CT molecular complexity index is 496. The van der Waals surface area contributed by atoms with Crippen LogP contribution in [-0.2, 0) is 0 Å². The molecular formula is C12H8FNO. The fraction of sp³-hybridized carbons (Fsp3) is 0. The van der Waals surface area contributed by atoms with Gasteiger partial charge in [0, 0.05) is 17.3 Å². The highest BCUT2D eigenvalue weighted by atomic mass is 19.1. The maximum atomic E-state index is 13.4. The van der Waals surface area contributed by atoms with Crippen molar-refractivity contribution in [3.63, 3.8) is 0 Å². The number of carbonyl (C=O) groups is 1. The van der Waals surface area contributed by atoms with Crippen molar-refractivity contribution in [2.75, 3.05) is 0 Å². The minimum Gasteiger partial charge on any atom is -0.296 e. The summed E-state index contributed by atoms with van der Waals surface area (Å²) in [5.74, 6) is -0.353. The molecule has 1 aromatic heterocycles. The second-order valence-corrected chi connectivity index (χ2v) is 3.03. The van der Waals surface area contributed by atoms with E-state index >= 15 is 0 Å². The lowest BCUT2D eigenvalue weighted by molar-refractivity contribution is 0.111. The molecule has 1 aromatic carbocycles. The first-order chi connectivity index (χ1) is 7.33. The number of nitrogens with zero attached hydrogens (tertiary/aromatic N) is 1. The molecule has 0 aliphatic heterocycles. The average molecular weight is 201 g/mol. The Labute approximate surface area is 86.4 Å². The molecule has 1 heterocycles. The highest BCUT2D eigenvalue weighted by molar-refractivity contribution is 5.85. The van der Waals surface area contributed by atoms with Gasteiger partial charge in [-0.2, -0.15) is 0 Å². The molecule has 3 heteroatoms. The van der Waals surface area contributed by atoms with E-state index < -0.39 is 0 Å². The normalized spacial score (nSPS) is 9.93. The monoisotopic (exact) mass is 201 g/mol. The Balaban J connectivity index is 2.64. The summed E-state index contributed by atoms with van der Waals surface area (Å²) in [6.07, 6.45) is 2.13. The zero-order valence-electron chi connectivity index (χ0n) is 7.85. The van der Waals surface area contributed by atoms with Gasteiger partial charge in [0.15, 0.2) is 6.29 Å². The second-order valence-electron chi connectivity index (χ2n) is 3.03. The highest BCUT2D eigenvalue weighted by Gasteiger charge is 2.08. The number of aromatic nitrogens is 1. The van der Waals surface area contributed by atoms with E-state index in [1.165, 1.54) is 12.3 Å². The van der Waals surface area contributed by atoms with Gasteiger partial charge in [-0.15, -0.1) is 0 Å². The first-order valence-corrected chi connectivity index (χ1v) is 4.48. The van der Waals surface area contributed by atoms with Crippen LogP contribution in [-0.4, -0.2) is 11.3 Å². The molecule has 0 fully saturated rings. The maximum Gasteiger partial charge on any atom is 0.169 e. The molecule has 74 valence electrons. The van der Waals surface area contributed by atoms with E-state index in [4.69, 9.17) is 0 Å². The molecule has 0 unspecified atom stereocenters. The van der Waals surface area contributed by atoms with Crippen LogP contribution < -0.4 is 0 Å². The summed E-state index contributed by atoms with van der Waals surface area (Å²) in [5, 5.41) is 0. The molecule has 0 atom stereocenters. The zero-order valence-corrected chi connectivity index (χ0v) is 7.85. The van der Waals surface area contributed by atoms with Crippen molar-refractivity contribution >= 4 is 6.29 Å². The van der Waals surface area contributed by atoms with E-state index in [2.05, 4.69) is 4.98 Å². The van der Waals surface area contributed by atoms with Crippen LogP contribution >= 0.6 is 0 Å². The third kappa shape index (κ3) is 1.76. The van der Waals surface area contributed by atoms with E-state index in [-0.39, 0.29) is 11.5 Å². The topological polar surface area (TPSA) is 30.0 Å². The van der Waals surface area contributed by atoms with Crippen molar-refractivity contribution in [2.45, 2.75) is 0 Å². The second kappa shape index (κ2) is 4.00. The van der Waals surface area contributed by atoms with Crippen molar-refractivity contribution in [2.24, 2.45) is 0 Å². The van der Waals surface area contributed by atoms with Gasteiger partial charge >= 0.3 is 0 Å². The van der Waals surface area contributed by atoms with Gasteiger partial charge in [-0.25, -0.2) is 4.39 Å². The molecule has 0 saturated heterocycles. The standard InChI is InChI=1S/C12H8FNO/c13-11-6-2-1-4-9(11)10-5-3-7-14-12(10)8-15/h1-8H. The largest absolute Gasteiger partial charge is 0.296 e. The lowest BCUT2D eigenvalue weighted by atomic mass is 10.0. The number of hydrogen-bond acceptors (Lipinski definition) is 2. The Kier molecular flexibility index (Phi) is 2.54. The van der Waals surface area contributed by atoms with Crippen molar-refractivity contribution in [1.29, 1.82) is 0 Å². The van der Waals surface area contributed by atoms with Crippen LogP contribution in [0.15, 0.2) is 42.6 Å². The fourth-order valence-corrected chi connectivity index (χ4v) is 1.42. The summed E-state index contributed by atoms with van der Waals surface area (Å²) in [4.78, 5) is 14.6. The van der Waals surface area contributed by atoms with E-state index in [9.17, 15) is 9.18 Å². The van der Waals surface area contributed by atoms with Crippen LogP contribution in [0.5, 0.6) is 0 Å². The molecule has 2 nitrogen and oxygen atoms in total. The van der Waals surface area contributed by atoms with Gasteiger partial charge in [0.25, 0.3) is 0 Å². The van der Waals surface area contributed by atoms with Gasteiger partial charge in [0.05, 0.1) is 0 Å². The molecule has 2 rings (SSSR count). The number of pyridine rings is 1. The van der Waals surface area contributed by atoms with Crippen LogP contribution in [0, 0.1) is 5.82 Å². The summed E-state index contributed by atoms with van der Waals surface area (Å²) in [5.41, 5.74) is 1.17. The van der Waals surface area contributed by atoms with Gasteiger partial charge in [-0.1, -0.05) is 24.3 Å². The Morgan fingerprint density at radius 3 is 2.53 bits per heavy atom. The number of carbonyl (C=O) groups excluding carboxylic acids is 1. The molecule has 0 saturated carbocycles. The molecule has 0 bridgehead atoms. The van der Waals surface area contributed by atoms with Crippen molar-refractivity contribution in [3.8, 4) is 11.1 Å². The van der Waals surface area contributed by atoms with E-state index in [1.807, 2.05) is 0 Å². The minimum atomic E-state index is -0.353. The smallest absolute Gasteiger partial charge is 0.169 e. The van der Waals surface area contributed by atoms with Crippen molar-refractivity contribution < 1.29 is 9.18 Å². The first kappa shape index (κ1) is 9.52. The average Bonchev–Trinajstić information content (AvgIpc) is 2.30. The molecule has 15 heavy (non-hydrogen) atoms. The van der Waals surface area contributed by atoms with Crippen LogP contribution in [0.3, 0.4) is 0 Å². The summed E-state index contributed by atoms with van der Waals surface area (Å²) < 4.78 is 13.4. The Hall–Kier alpha value is -2.03. The summed E-state index contributed by atoms with van der Waals surface area (Å²) in [7, 11) is 0. The number of hydrogen-bond donors (Lipinski definition) is 0. The predicted molar refractivity (Wildman–Crippen MR) is 55.0 cm³/mol. The quantitative estimate of drug-likeness (QED) is 0.699. The van der Waals surface area contributed by atoms with Gasteiger partial charge in [0.2, 0.25) is 0 Å². The number of rotatable bonds is 2. The van der Waals surface area contributed by atoms with Crippen molar-refractivity contribution in [3.05, 3.63) is 54.1 Å². The molecule has 0 amide bonds. The summed E-state index contributed by atoms with van der Waals surface area (Å²) in [6, 6.07) is 9.66. The van der Waals surface area contributed by atoms with Gasteiger partial charge in [-0.3, -0.25) is 9.78 Å². The lowest BCUT2D eigenvalue weighted by Gasteiger charge is -2.04. The van der Waals surface area contributed by atoms with E-state index in [0.717, 1.165) is 0 Å². The van der Waals surface area contributed by atoms with E-state index in [0.29, 0.717) is 17.4 Å². The molecule has 0 aliphatic carbocycles. The van der Waals surface area contributed by atoms with Crippen LogP contribution in [0.1, 0.15) is 10.5 Å². The van der Waals surface area contributed by atoms with Crippen LogP contribution in [0.25, 0.3) is 11.1 Å². The zero-order chi connectivity index (χ0) is 10.7. The molecule has 0 radical (unpaired) electrons. The first-order valence-electron chi connectivity index (χ1n) is 4.48. The molecule has 2 aromatic rings. The third-order valence-electron chi connectivity index (χ3n) is 2.11. The van der Waals surface area contributed by atoms with Crippen LogP contribution in [0.2, 0.25) is 0 Å². The fourth-order valence-electron chi connectivity index (χ4n) is 1.42. The van der Waals surface area contributed by atoms with Gasteiger partial charge in [-0.05, 0) is 12.1 Å². The summed E-state index contributed by atoms with van der Waals surface area (Å²) >= 11 is 0. The summed E-state index contributed by atoms with van der Waals surface area (Å²) in [6.45, 7) is 0. The molecule has 0 spiro atoms. The minimum absolute atomic E-state index is 0.252. The third-order valence-corrected chi connectivity index (χ3v) is 2.11. The SMILES string of the molecule is O=Cc1ncccc1-c1ccccc1F. The van der Waals surface area contributed by atoms with Gasteiger partial charge < -0.3 is 0 Å².